The lowest BCUT2D eigenvalue weighted by atomic mass is 9.55. The number of fused-ring (bicyclic) bond motifs is 3. The summed E-state index contributed by atoms with van der Waals surface area (Å²) in [6.07, 6.45) is 8.74. The number of nitrogens with zero attached hydrogens (tertiary/aromatic N) is 3. The molecule has 4 saturated carbocycles. The normalized spacial score (nSPS) is 32.7. The number of rotatable bonds is 3. The molecule has 1 heterocycles. The molecule has 4 heteroatoms. The summed E-state index contributed by atoms with van der Waals surface area (Å²) >= 11 is 6.37. The Morgan fingerprint density at radius 1 is 0.706 bits per heavy atom. The van der Waals surface area contributed by atoms with Crippen LogP contribution in [-0.4, -0.2) is 15.0 Å². The molecule has 34 heavy (non-hydrogen) atoms. The monoisotopic (exact) mass is 463 g/mol. The lowest BCUT2D eigenvalue weighted by Crippen LogP contribution is -2.42. The molecular weight excluding hydrogens is 438 g/mol. The van der Waals surface area contributed by atoms with Crippen LogP contribution in [0.2, 0.25) is 5.28 Å². The van der Waals surface area contributed by atoms with Crippen molar-refractivity contribution in [2.75, 3.05) is 0 Å². The van der Waals surface area contributed by atoms with Gasteiger partial charge in [0.05, 0.1) is 0 Å². The Morgan fingerprint density at radius 2 is 1.47 bits per heavy atom. The molecular formula is C30H26ClN3. The number of benzene rings is 3. The molecule has 1 spiro atoms. The van der Waals surface area contributed by atoms with Gasteiger partial charge in [-0.15, -0.1) is 0 Å². The maximum atomic E-state index is 6.37. The van der Waals surface area contributed by atoms with Crippen LogP contribution in [0, 0.1) is 23.2 Å². The van der Waals surface area contributed by atoms with Gasteiger partial charge in [0, 0.05) is 11.1 Å². The van der Waals surface area contributed by atoms with E-state index in [9.17, 15) is 0 Å². The summed E-state index contributed by atoms with van der Waals surface area (Å²) in [7, 11) is 0. The van der Waals surface area contributed by atoms with Crippen molar-refractivity contribution in [3.8, 4) is 22.8 Å². The summed E-state index contributed by atoms with van der Waals surface area (Å²) in [4.78, 5) is 13.7. The van der Waals surface area contributed by atoms with Crippen LogP contribution >= 0.6 is 11.6 Å². The Balaban J connectivity index is 1.14. The van der Waals surface area contributed by atoms with Gasteiger partial charge in [-0.25, -0.2) is 4.98 Å². The molecule has 4 aliphatic rings. The van der Waals surface area contributed by atoms with Crippen LogP contribution in [0.4, 0.5) is 0 Å². The quantitative estimate of drug-likeness (QED) is 0.316. The molecule has 0 saturated heterocycles. The first kappa shape index (κ1) is 19.5. The summed E-state index contributed by atoms with van der Waals surface area (Å²) in [6.45, 7) is 0. The Bertz CT molecular complexity index is 1460. The first-order chi connectivity index (χ1) is 16.6. The SMILES string of the molecule is Clc1nc(-c2ccc(C34C[C@@H]5CC6C[C@@H](C3)[C@@]6(C5)C4)cc2)nc(-c2ccc3ccccc3c2)n1. The highest BCUT2D eigenvalue weighted by atomic mass is 35.5. The molecule has 0 aliphatic heterocycles. The van der Waals surface area contributed by atoms with Gasteiger partial charge >= 0.3 is 0 Å². The number of aromatic nitrogens is 3. The van der Waals surface area contributed by atoms with Crippen molar-refractivity contribution < 1.29 is 0 Å². The lowest BCUT2D eigenvalue weighted by Gasteiger charge is -2.49. The van der Waals surface area contributed by atoms with Crippen molar-refractivity contribution in [2.24, 2.45) is 23.2 Å². The van der Waals surface area contributed by atoms with Crippen LogP contribution in [0.5, 0.6) is 0 Å². The van der Waals surface area contributed by atoms with Crippen LogP contribution in [0.15, 0.2) is 66.7 Å². The molecule has 4 aliphatic carbocycles. The smallest absolute Gasteiger partial charge is 0.208 e. The Morgan fingerprint density at radius 3 is 2.32 bits per heavy atom. The standard InChI is InChI=1S/C30H26ClN3/c31-28-33-26(32-27(34-28)22-6-5-19-3-1-2-4-21(19)12-22)20-7-9-23(10-8-20)29-14-18-11-24-13-25(16-29)30(24,15-18)17-29/h1-10,12,18,24-25H,11,13-17H2/t18-,24?,25-,29?,30-/m0/s1. The maximum Gasteiger partial charge on any atom is 0.226 e. The van der Waals surface area contributed by atoms with Gasteiger partial charge in [-0.1, -0.05) is 60.7 Å². The number of hydrogen-bond acceptors (Lipinski definition) is 3. The van der Waals surface area contributed by atoms with E-state index in [1.54, 1.807) is 0 Å². The fourth-order valence-corrected chi connectivity index (χ4v) is 8.77. The van der Waals surface area contributed by atoms with E-state index in [4.69, 9.17) is 16.6 Å². The third-order valence-electron chi connectivity index (χ3n) is 9.84. The molecule has 0 radical (unpaired) electrons. The third-order valence-corrected chi connectivity index (χ3v) is 10.0. The van der Waals surface area contributed by atoms with Crippen molar-refractivity contribution in [3.63, 3.8) is 0 Å². The summed E-state index contributed by atoms with van der Waals surface area (Å²) in [6, 6.07) is 23.7. The van der Waals surface area contributed by atoms with Gasteiger partial charge in [0.25, 0.3) is 0 Å². The van der Waals surface area contributed by atoms with E-state index in [0.717, 1.165) is 34.3 Å². The molecule has 8 rings (SSSR count). The molecule has 0 N–H and O–H groups in total. The minimum absolute atomic E-state index is 0.234. The second-order valence-corrected chi connectivity index (χ2v) is 11.8. The van der Waals surface area contributed by atoms with E-state index in [-0.39, 0.29) is 5.28 Å². The van der Waals surface area contributed by atoms with Gasteiger partial charge in [-0.3, -0.25) is 0 Å². The van der Waals surface area contributed by atoms with E-state index in [2.05, 4.69) is 70.6 Å². The molecule has 168 valence electrons. The predicted molar refractivity (Wildman–Crippen MR) is 135 cm³/mol. The van der Waals surface area contributed by atoms with Gasteiger partial charge in [-0.05, 0) is 101 Å². The Kier molecular flexibility index (Phi) is 3.83. The second-order valence-electron chi connectivity index (χ2n) is 11.4. The number of halogens is 1. The van der Waals surface area contributed by atoms with Gasteiger partial charge in [0.1, 0.15) is 0 Å². The van der Waals surface area contributed by atoms with Gasteiger partial charge in [-0.2, -0.15) is 9.97 Å². The first-order valence-electron chi connectivity index (χ1n) is 12.6. The van der Waals surface area contributed by atoms with Crippen molar-refractivity contribution in [1.82, 2.24) is 15.0 Å². The molecule has 4 fully saturated rings. The van der Waals surface area contributed by atoms with E-state index < -0.39 is 0 Å². The average Bonchev–Trinajstić information content (AvgIpc) is 3.18. The van der Waals surface area contributed by atoms with E-state index in [0.29, 0.717) is 22.5 Å². The maximum absolute atomic E-state index is 6.37. The number of hydrogen-bond donors (Lipinski definition) is 0. The van der Waals surface area contributed by atoms with Gasteiger partial charge < -0.3 is 0 Å². The summed E-state index contributed by atoms with van der Waals surface area (Å²) < 4.78 is 0. The van der Waals surface area contributed by atoms with Crippen LogP contribution in [0.25, 0.3) is 33.5 Å². The van der Waals surface area contributed by atoms with Crippen molar-refractivity contribution >= 4 is 22.4 Å². The molecule has 0 amide bonds. The minimum Gasteiger partial charge on any atom is -0.208 e. The first-order valence-corrected chi connectivity index (χ1v) is 13.0. The highest BCUT2D eigenvalue weighted by Crippen LogP contribution is 2.78. The summed E-state index contributed by atoms with van der Waals surface area (Å²) in [5.74, 6) is 4.23. The molecule has 1 aromatic heterocycles. The fraction of sp³-hybridized carbons (Fsp3) is 0.367. The van der Waals surface area contributed by atoms with Gasteiger partial charge in [0.2, 0.25) is 5.28 Å². The van der Waals surface area contributed by atoms with Crippen LogP contribution in [-0.2, 0) is 5.41 Å². The second kappa shape index (κ2) is 6.66. The van der Waals surface area contributed by atoms with Crippen LogP contribution < -0.4 is 0 Å². The van der Waals surface area contributed by atoms with E-state index in [1.165, 1.54) is 49.5 Å². The fourth-order valence-electron chi connectivity index (χ4n) is 8.61. The molecule has 3 bridgehead atoms. The zero-order chi connectivity index (χ0) is 22.5. The largest absolute Gasteiger partial charge is 0.226 e. The predicted octanol–water partition coefficient (Wildman–Crippen LogP) is 7.48. The van der Waals surface area contributed by atoms with E-state index >= 15 is 0 Å². The topological polar surface area (TPSA) is 38.7 Å². The highest BCUT2D eigenvalue weighted by Gasteiger charge is 2.70. The third kappa shape index (κ3) is 2.62. The molecule has 4 aromatic rings. The molecule has 3 aromatic carbocycles. The highest BCUT2D eigenvalue weighted by molar-refractivity contribution is 6.28. The Hall–Kier alpha value is -2.78. The van der Waals surface area contributed by atoms with Crippen molar-refractivity contribution in [1.29, 1.82) is 0 Å². The van der Waals surface area contributed by atoms with Gasteiger partial charge in [0.15, 0.2) is 11.6 Å². The van der Waals surface area contributed by atoms with E-state index in [1.807, 2.05) is 6.07 Å². The molecule has 5 atom stereocenters. The Labute approximate surface area is 204 Å². The molecule has 3 nitrogen and oxygen atoms in total. The average molecular weight is 464 g/mol. The van der Waals surface area contributed by atoms with Crippen LogP contribution in [0.3, 0.4) is 0 Å². The minimum atomic E-state index is 0.234. The van der Waals surface area contributed by atoms with Crippen molar-refractivity contribution in [2.45, 2.75) is 43.9 Å². The summed E-state index contributed by atoms with van der Waals surface area (Å²) in [5.41, 5.74) is 4.60. The van der Waals surface area contributed by atoms with Crippen LogP contribution in [0.1, 0.15) is 44.1 Å². The summed E-state index contributed by atoms with van der Waals surface area (Å²) in [5, 5.41) is 2.59. The van der Waals surface area contributed by atoms with Crippen molar-refractivity contribution in [3.05, 3.63) is 77.6 Å². The molecule has 2 unspecified atom stereocenters. The zero-order valence-electron chi connectivity index (χ0n) is 19.0. The lowest BCUT2D eigenvalue weighted by molar-refractivity contribution is -0.000160. The zero-order valence-corrected chi connectivity index (χ0v) is 19.8.